The molecule has 0 spiro atoms. The van der Waals surface area contributed by atoms with Crippen LogP contribution in [0.4, 0.5) is 5.69 Å². The van der Waals surface area contributed by atoms with Crippen LogP contribution in [0.25, 0.3) is 0 Å². The van der Waals surface area contributed by atoms with E-state index in [2.05, 4.69) is 81.6 Å². The van der Waals surface area contributed by atoms with Crippen molar-refractivity contribution in [3.8, 4) is 0 Å². The summed E-state index contributed by atoms with van der Waals surface area (Å²) in [7, 11) is 1.19. The second kappa shape index (κ2) is 30.5. The minimum Gasteiger partial charge on any atom is -0.481 e. The molecule has 0 aromatic heterocycles. The van der Waals surface area contributed by atoms with Crippen LogP contribution in [0, 0.1) is 10.3 Å². The Hall–Kier alpha value is -2.93. The van der Waals surface area contributed by atoms with Crippen LogP contribution in [-0.2, 0) is 29.0 Å². The highest BCUT2D eigenvalue weighted by Crippen LogP contribution is 2.24. The molecular weight excluding hydrogens is 562 g/mol. The lowest BCUT2D eigenvalue weighted by molar-refractivity contribution is -0.136. The van der Waals surface area contributed by atoms with Gasteiger partial charge in [-0.2, -0.15) is 4.91 Å². The molecular formula is C35H62ClN3O4. The molecule has 0 aliphatic rings. The molecule has 43 heavy (non-hydrogen) atoms. The fourth-order valence-corrected chi connectivity index (χ4v) is 3.13. The molecule has 0 bridgehead atoms. The molecule has 8 heteroatoms. The molecule has 0 aliphatic carbocycles. The molecule has 0 unspecified atom stereocenters. The summed E-state index contributed by atoms with van der Waals surface area (Å²) in [6.45, 7) is 20.1. The maximum absolute atomic E-state index is 12.1. The number of halogens is 1. The smallest absolute Gasteiger partial charge is 0.303 e. The maximum Gasteiger partial charge on any atom is 0.303 e. The highest BCUT2D eigenvalue weighted by Gasteiger charge is 2.11. The van der Waals surface area contributed by atoms with Gasteiger partial charge in [0.25, 0.3) is 0 Å². The van der Waals surface area contributed by atoms with Gasteiger partial charge in [-0.25, -0.2) is 0 Å². The van der Waals surface area contributed by atoms with Crippen molar-refractivity contribution in [3.05, 3.63) is 69.1 Å². The molecule has 2 aromatic rings. The number of nitrogens with one attached hydrogen (secondary N) is 2. The quantitative estimate of drug-likeness (QED) is 0.216. The van der Waals surface area contributed by atoms with Crippen LogP contribution < -0.4 is 10.6 Å². The van der Waals surface area contributed by atoms with Crippen molar-refractivity contribution < 1.29 is 14.7 Å². The van der Waals surface area contributed by atoms with Crippen LogP contribution >= 0.6 is 11.6 Å². The summed E-state index contributed by atoms with van der Waals surface area (Å²) in [5.74, 6) is -0.667. The molecule has 0 heterocycles. The van der Waals surface area contributed by atoms with E-state index in [4.69, 9.17) is 21.6 Å². The van der Waals surface area contributed by atoms with Gasteiger partial charge in [-0.15, -0.1) is 0 Å². The van der Waals surface area contributed by atoms with E-state index >= 15 is 0 Å². The van der Waals surface area contributed by atoms with E-state index in [0.717, 1.165) is 47.6 Å². The van der Waals surface area contributed by atoms with Crippen molar-refractivity contribution >= 4 is 29.2 Å². The van der Waals surface area contributed by atoms with Gasteiger partial charge in [-0.3, -0.25) is 9.59 Å². The predicted molar refractivity (Wildman–Crippen MR) is 188 cm³/mol. The van der Waals surface area contributed by atoms with Gasteiger partial charge < -0.3 is 15.7 Å². The fraction of sp³-hybridized carbons (Fsp3) is 0.600. The van der Waals surface area contributed by atoms with Crippen molar-refractivity contribution in [2.45, 2.75) is 121 Å². The lowest BCUT2D eigenvalue weighted by atomic mass is 9.92. The van der Waals surface area contributed by atoms with E-state index in [1.165, 1.54) is 25.5 Å². The number of nitrogens with zero attached hydrogens (tertiary/aromatic N) is 1. The third-order valence-electron chi connectivity index (χ3n) is 5.44. The van der Waals surface area contributed by atoms with E-state index in [1.807, 2.05) is 32.0 Å². The Balaban J connectivity index is -0.000000427. The summed E-state index contributed by atoms with van der Waals surface area (Å²) in [6, 6.07) is 14.3. The first-order valence-electron chi connectivity index (χ1n) is 15.2. The number of aliphatic carboxylic acids is 1. The van der Waals surface area contributed by atoms with Crippen LogP contribution in [0.5, 0.6) is 0 Å². The minimum absolute atomic E-state index is 0. The molecule has 0 saturated heterocycles. The first kappa shape index (κ1) is 47.0. The normalized spacial score (nSPS) is 9.37. The monoisotopic (exact) mass is 623 g/mol. The summed E-state index contributed by atoms with van der Waals surface area (Å²) < 4.78 is 0. The molecule has 0 aliphatic heterocycles. The predicted octanol–water partition coefficient (Wildman–Crippen LogP) is 10.3. The van der Waals surface area contributed by atoms with Crippen LogP contribution in [0.1, 0.15) is 119 Å². The van der Waals surface area contributed by atoms with Crippen LogP contribution in [-0.4, -0.2) is 30.6 Å². The minimum atomic E-state index is -0.745. The number of carboxylic acid groups (broad SMARTS) is 1. The van der Waals surface area contributed by atoms with Gasteiger partial charge in [0.2, 0.25) is 5.91 Å². The molecule has 0 radical (unpaired) electrons. The van der Waals surface area contributed by atoms with E-state index < -0.39 is 5.97 Å². The average molecular weight is 624 g/mol. The van der Waals surface area contributed by atoms with E-state index in [9.17, 15) is 9.59 Å². The summed E-state index contributed by atoms with van der Waals surface area (Å²) in [5.41, 5.74) is 4.69. The van der Waals surface area contributed by atoms with Gasteiger partial charge in [0.15, 0.2) is 0 Å². The number of rotatable bonds is 11. The number of hydrogen-bond donors (Lipinski definition) is 3. The summed E-state index contributed by atoms with van der Waals surface area (Å²) in [6.07, 6.45) is 6.43. The van der Waals surface area contributed by atoms with E-state index in [0.29, 0.717) is 13.0 Å². The Morgan fingerprint density at radius 2 is 1.35 bits per heavy atom. The van der Waals surface area contributed by atoms with Crippen molar-refractivity contribution in [3.63, 3.8) is 0 Å². The molecule has 1 amide bonds. The van der Waals surface area contributed by atoms with Gasteiger partial charge in [0.05, 0.1) is 24.2 Å². The van der Waals surface area contributed by atoms with Crippen molar-refractivity contribution in [2.75, 3.05) is 18.9 Å². The number of carboxylic acids is 1. The van der Waals surface area contributed by atoms with Crippen LogP contribution in [0.3, 0.4) is 0 Å². The van der Waals surface area contributed by atoms with Crippen molar-refractivity contribution in [2.24, 2.45) is 10.6 Å². The second-order valence-electron chi connectivity index (χ2n) is 10.5. The third-order valence-corrected chi connectivity index (χ3v) is 5.77. The Labute approximate surface area is 268 Å². The number of aryl methyl sites for hydroxylation is 1. The Bertz CT molecular complexity index is 957. The molecule has 0 atom stereocenters. The van der Waals surface area contributed by atoms with E-state index in [1.54, 1.807) is 6.92 Å². The lowest BCUT2D eigenvalue weighted by Crippen LogP contribution is -2.28. The number of amides is 1. The largest absolute Gasteiger partial charge is 0.481 e. The number of carbonyl (C=O) groups excluding carboxylic acids is 1. The number of carbonyl (C=O) groups is 2. The second-order valence-corrected chi connectivity index (χ2v) is 10.9. The van der Waals surface area contributed by atoms with Gasteiger partial charge in [-0.05, 0) is 47.1 Å². The molecule has 2 aromatic carbocycles. The SMILES string of the molecule is C.CC.CCC(=O)O.CCCC.CCCc1ccc(Cl)c(NCc2ccc(CC(=O)NCCC(C)(C)C)cc2)c1.CN=O. The number of unbranched alkanes of at least 4 members (excludes halogenated alkanes) is 1. The lowest BCUT2D eigenvalue weighted by Gasteiger charge is -2.18. The highest BCUT2D eigenvalue weighted by molar-refractivity contribution is 6.33. The average Bonchev–Trinajstić information content (AvgIpc) is 2.95. The Kier molecular flexibility index (Phi) is 33.4. The summed E-state index contributed by atoms with van der Waals surface area (Å²) in [4.78, 5) is 30.0. The first-order valence-corrected chi connectivity index (χ1v) is 15.5. The number of benzene rings is 2. The molecule has 0 saturated carbocycles. The first-order chi connectivity index (χ1) is 19.9. The molecule has 3 N–H and O–H groups in total. The maximum atomic E-state index is 12.1. The summed E-state index contributed by atoms with van der Waals surface area (Å²) >= 11 is 6.31. The Morgan fingerprint density at radius 1 is 0.884 bits per heavy atom. The van der Waals surface area contributed by atoms with Gasteiger partial charge in [0.1, 0.15) is 0 Å². The number of hydrogen-bond acceptors (Lipinski definition) is 5. The van der Waals surface area contributed by atoms with E-state index in [-0.39, 0.29) is 25.2 Å². The zero-order valence-corrected chi connectivity index (χ0v) is 28.7. The fourth-order valence-electron chi connectivity index (χ4n) is 2.95. The topological polar surface area (TPSA) is 108 Å². The standard InChI is InChI=1S/C24H33ClN2O.C4H10.C3H6O2.C2H6.CH3NO.CH4/c1-5-6-18-11-12-21(25)22(15-18)27-17-20-9-7-19(8-10-20)16-23(28)26-14-13-24(2,3)4;1-3-4-2;1-2-3(4)5;1-2;1-2-3;/h7-12,15,27H,5-6,13-14,16-17H2,1-4H3,(H,26,28);3-4H2,1-2H3;2H2,1H3,(H,4,5);1-2H3;1H3;1H4. The molecule has 248 valence electrons. The zero-order valence-electron chi connectivity index (χ0n) is 27.9. The molecule has 7 nitrogen and oxygen atoms in total. The summed E-state index contributed by atoms with van der Waals surface area (Å²) in [5, 5.41) is 17.1. The highest BCUT2D eigenvalue weighted by atomic mass is 35.5. The van der Waals surface area contributed by atoms with Gasteiger partial charge in [-0.1, -0.05) is 136 Å². The molecule has 2 rings (SSSR count). The van der Waals surface area contributed by atoms with Crippen LogP contribution in [0.15, 0.2) is 47.6 Å². The molecule has 0 fully saturated rings. The van der Waals surface area contributed by atoms with Crippen molar-refractivity contribution in [1.82, 2.24) is 5.32 Å². The zero-order chi connectivity index (χ0) is 33.0. The van der Waals surface area contributed by atoms with Crippen molar-refractivity contribution in [1.29, 1.82) is 0 Å². The number of nitroso groups, excluding NO2 is 1. The van der Waals surface area contributed by atoms with Crippen LogP contribution in [0.2, 0.25) is 5.02 Å². The van der Waals surface area contributed by atoms with Gasteiger partial charge >= 0.3 is 5.97 Å². The third kappa shape index (κ3) is 30.3. The number of anilines is 1. The van der Waals surface area contributed by atoms with Gasteiger partial charge in [0, 0.05) is 19.5 Å². The Morgan fingerprint density at radius 3 is 1.77 bits per heavy atom.